The average molecular weight is 481 g/mol. The van der Waals surface area contributed by atoms with Crippen molar-refractivity contribution in [1.29, 1.82) is 0 Å². The Labute approximate surface area is 199 Å². The topological polar surface area (TPSA) is 52.6 Å². The van der Waals surface area contributed by atoms with Gasteiger partial charge in [-0.3, -0.25) is 9.59 Å². The lowest BCUT2D eigenvalue weighted by Gasteiger charge is -2.25. The number of hydrogen-bond acceptors (Lipinski definition) is 4. The van der Waals surface area contributed by atoms with Crippen molar-refractivity contribution < 1.29 is 18.4 Å². The molecule has 0 saturated carbocycles. The minimum absolute atomic E-state index is 0.0569. The largest absolute Gasteiger partial charge is 0.520 e. The third kappa shape index (κ3) is 13.5. The smallest absolute Gasteiger partial charge is 0.292 e. The molecule has 6 heteroatoms. The predicted molar refractivity (Wildman–Crippen MR) is 140 cm³/mol. The van der Waals surface area contributed by atoms with Crippen LogP contribution in [0.3, 0.4) is 0 Å². The summed E-state index contributed by atoms with van der Waals surface area (Å²) in [4.78, 5) is 24.2. The zero-order valence-electron chi connectivity index (χ0n) is 21.7. The molecule has 0 N–H and O–H groups in total. The van der Waals surface area contributed by atoms with E-state index in [1.807, 2.05) is 19.6 Å². The first-order chi connectivity index (χ1) is 14.9. The average Bonchev–Trinajstić information content (AvgIpc) is 3.00. The molecule has 0 fully saturated rings. The Morgan fingerprint density at radius 1 is 1.00 bits per heavy atom. The Morgan fingerprint density at radius 3 is 2.31 bits per heavy atom. The molecule has 0 heterocycles. The van der Waals surface area contributed by atoms with Gasteiger partial charge in [0.1, 0.15) is 0 Å². The maximum atomic E-state index is 12.4. The van der Waals surface area contributed by atoms with Crippen LogP contribution < -0.4 is 0 Å². The molecule has 0 aromatic carbocycles. The molecule has 1 aliphatic rings. The van der Waals surface area contributed by atoms with E-state index in [4.69, 9.17) is 8.85 Å². The van der Waals surface area contributed by atoms with E-state index in [2.05, 4.69) is 44.8 Å². The fourth-order valence-electron chi connectivity index (χ4n) is 4.06. The molecular formula is C26H48O4Si2. The SMILES string of the molecule is CCCCC[C@@H](/C=C/[C@H]1C=CC(=O)[C@@H]1CCCCCCC(=O)O[Si](C)(C)C)O[Si](C)(C)C. The molecular weight excluding hydrogens is 432 g/mol. The van der Waals surface area contributed by atoms with Gasteiger partial charge in [-0.1, -0.05) is 63.7 Å². The van der Waals surface area contributed by atoms with Crippen LogP contribution in [0.4, 0.5) is 0 Å². The Kier molecular flexibility index (Phi) is 13.0. The van der Waals surface area contributed by atoms with Crippen molar-refractivity contribution in [2.24, 2.45) is 11.8 Å². The highest BCUT2D eigenvalue weighted by Crippen LogP contribution is 2.29. The fourth-order valence-corrected chi connectivity index (χ4v) is 5.95. The molecule has 32 heavy (non-hydrogen) atoms. The standard InChI is InChI=1S/C26H48O4Si2/c1-8-9-12-15-23(29-31(2,3)4)20-18-22-19-21-25(27)24(22)16-13-10-11-14-17-26(28)30-32(5,6)7/h18-24H,8-17H2,1-7H3/b20-18+/t22-,23-,24+/m0/s1. The maximum Gasteiger partial charge on any atom is 0.292 e. The lowest BCUT2D eigenvalue weighted by Crippen LogP contribution is -2.31. The zero-order valence-corrected chi connectivity index (χ0v) is 23.7. The Bertz CT molecular complexity index is 629. The Balaban J connectivity index is 2.45. The van der Waals surface area contributed by atoms with Gasteiger partial charge in [0.2, 0.25) is 8.32 Å². The molecule has 1 aliphatic carbocycles. The monoisotopic (exact) mass is 480 g/mol. The van der Waals surface area contributed by atoms with Crippen LogP contribution in [0.2, 0.25) is 39.3 Å². The molecule has 0 unspecified atom stereocenters. The molecule has 0 bridgehead atoms. The first kappa shape index (κ1) is 29.0. The highest BCUT2D eigenvalue weighted by Gasteiger charge is 2.28. The Hall–Kier alpha value is -0.986. The number of rotatable bonds is 16. The van der Waals surface area contributed by atoms with E-state index in [1.54, 1.807) is 6.08 Å². The van der Waals surface area contributed by atoms with E-state index in [0.29, 0.717) is 6.42 Å². The van der Waals surface area contributed by atoms with Gasteiger partial charge >= 0.3 is 0 Å². The summed E-state index contributed by atoms with van der Waals surface area (Å²) in [7, 11) is -3.39. The second-order valence-corrected chi connectivity index (χ2v) is 20.0. The highest BCUT2D eigenvalue weighted by atomic mass is 28.4. The van der Waals surface area contributed by atoms with Crippen LogP contribution >= 0.6 is 0 Å². The van der Waals surface area contributed by atoms with Crippen LogP contribution in [0.5, 0.6) is 0 Å². The number of carbonyl (C=O) groups excluding carboxylic acids is 2. The normalized spacial score (nSPS) is 20.3. The van der Waals surface area contributed by atoms with Gasteiger partial charge < -0.3 is 8.85 Å². The van der Waals surface area contributed by atoms with Crippen molar-refractivity contribution in [1.82, 2.24) is 0 Å². The van der Waals surface area contributed by atoms with Gasteiger partial charge in [-0.15, -0.1) is 0 Å². The molecule has 0 amide bonds. The van der Waals surface area contributed by atoms with Crippen molar-refractivity contribution >= 4 is 28.4 Å². The summed E-state index contributed by atoms with van der Waals surface area (Å²) >= 11 is 0. The Morgan fingerprint density at radius 2 is 1.69 bits per heavy atom. The molecule has 0 spiro atoms. The molecule has 1 rings (SSSR count). The fraction of sp³-hybridized carbons (Fsp3) is 0.769. The van der Waals surface area contributed by atoms with Gasteiger partial charge in [-0.25, -0.2) is 0 Å². The van der Waals surface area contributed by atoms with E-state index < -0.39 is 16.6 Å². The van der Waals surface area contributed by atoms with Crippen molar-refractivity contribution in [3.05, 3.63) is 24.3 Å². The maximum absolute atomic E-state index is 12.4. The molecule has 0 aromatic heterocycles. The van der Waals surface area contributed by atoms with Crippen molar-refractivity contribution in [2.45, 2.75) is 117 Å². The lowest BCUT2D eigenvalue weighted by molar-refractivity contribution is -0.135. The van der Waals surface area contributed by atoms with E-state index in [-0.39, 0.29) is 29.7 Å². The van der Waals surface area contributed by atoms with E-state index in [0.717, 1.165) is 38.5 Å². The summed E-state index contributed by atoms with van der Waals surface area (Å²) in [5, 5.41) is 0. The van der Waals surface area contributed by atoms with Crippen LogP contribution in [0, 0.1) is 11.8 Å². The van der Waals surface area contributed by atoms with Crippen LogP contribution in [0.25, 0.3) is 0 Å². The van der Waals surface area contributed by atoms with Gasteiger partial charge in [-0.2, -0.15) is 0 Å². The summed E-state index contributed by atoms with van der Waals surface area (Å²) in [5.41, 5.74) is 0. The van der Waals surface area contributed by atoms with Gasteiger partial charge in [0.25, 0.3) is 5.97 Å². The quantitative estimate of drug-likeness (QED) is 0.131. The van der Waals surface area contributed by atoms with Crippen molar-refractivity contribution in [3.63, 3.8) is 0 Å². The number of unbranched alkanes of at least 4 members (excludes halogenated alkanes) is 5. The van der Waals surface area contributed by atoms with Crippen LogP contribution in [0.15, 0.2) is 24.3 Å². The predicted octanol–water partition coefficient (Wildman–Crippen LogP) is 7.43. The molecule has 0 radical (unpaired) electrons. The number of carbonyl (C=O) groups is 2. The lowest BCUT2D eigenvalue weighted by atomic mass is 9.88. The minimum Gasteiger partial charge on any atom is -0.520 e. The van der Waals surface area contributed by atoms with Crippen LogP contribution in [-0.2, 0) is 18.4 Å². The molecule has 0 aromatic rings. The number of hydrogen-bond donors (Lipinski definition) is 0. The van der Waals surface area contributed by atoms with Crippen LogP contribution in [-0.4, -0.2) is 34.5 Å². The summed E-state index contributed by atoms with van der Waals surface area (Å²) in [5.74, 6) is 0.449. The van der Waals surface area contributed by atoms with Gasteiger partial charge in [-0.05, 0) is 64.6 Å². The second-order valence-electron chi connectivity index (χ2n) is 11.1. The van der Waals surface area contributed by atoms with Gasteiger partial charge in [0, 0.05) is 18.3 Å². The van der Waals surface area contributed by atoms with E-state index in [1.165, 1.54) is 19.3 Å². The summed E-state index contributed by atoms with van der Waals surface area (Å²) < 4.78 is 11.9. The highest BCUT2D eigenvalue weighted by molar-refractivity contribution is 6.71. The van der Waals surface area contributed by atoms with Gasteiger partial charge in [0.15, 0.2) is 14.1 Å². The molecule has 184 valence electrons. The van der Waals surface area contributed by atoms with Gasteiger partial charge in [0.05, 0.1) is 6.10 Å². The molecule has 3 atom stereocenters. The zero-order chi connectivity index (χ0) is 24.2. The van der Waals surface area contributed by atoms with E-state index in [9.17, 15) is 9.59 Å². The first-order valence-electron chi connectivity index (χ1n) is 12.7. The summed E-state index contributed by atoms with van der Waals surface area (Å²) in [6.45, 7) is 15.0. The number of ketones is 1. The molecule has 4 nitrogen and oxygen atoms in total. The molecule has 0 aliphatic heterocycles. The summed E-state index contributed by atoms with van der Waals surface area (Å²) in [6.07, 6.45) is 18.5. The van der Waals surface area contributed by atoms with Crippen molar-refractivity contribution in [3.8, 4) is 0 Å². The van der Waals surface area contributed by atoms with Crippen molar-refractivity contribution in [2.75, 3.05) is 0 Å². The third-order valence-electron chi connectivity index (χ3n) is 5.52. The summed E-state index contributed by atoms with van der Waals surface area (Å²) in [6, 6.07) is 0. The third-order valence-corrected chi connectivity index (χ3v) is 7.37. The van der Waals surface area contributed by atoms with Crippen LogP contribution in [0.1, 0.15) is 71.1 Å². The number of allylic oxidation sites excluding steroid dienone is 3. The second kappa shape index (κ2) is 14.3. The van der Waals surface area contributed by atoms with E-state index >= 15 is 0 Å². The molecule has 0 saturated heterocycles. The minimum atomic E-state index is -1.78. The first-order valence-corrected chi connectivity index (χ1v) is 19.5.